The first-order valence-electron chi connectivity index (χ1n) is 6.59. The van der Waals surface area contributed by atoms with Gasteiger partial charge < -0.3 is 4.57 Å². The third kappa shape index (κ3) is 2.81. The zero-order chi connectivity index (χ0) is 14.0. The van der Waals surface area contributed by atoms with Crippen LogP contribution in [0.4, 0.5) is 0 Å². The van der Waals surface area contributed by atoms with E-state index in [1.54, 1.807) is 0 Å². The fourth-order valence-electron chi connectivity index (χ4n) is 2.18. The van der Waals surface area contributed by atoms with Gasteiger partial charge in [0.1, 0.15) is 5.82 Å². The van der Waals surface area contributed by atoms with Gasteiger partial charge in [-0.2, -0.15) is 0 Å². The van der Waals surface area contributed by atoms with Crippen LogP contribution in [0.1, 0.15) is 30.8 Å². The van der Waals surface area contributed by atoms with E-state index in [4.69, 9.17) is 11.6 Å². The van der Waals surface area contributed by atoms with Crippen molar-refractivity contribution in [2.45, 2.75) is 40.1 Å². The lowest BCUT2D eigenvalue weighted by Crippen LogP contribution is -2.10. The van der Waals surface area contributed by atoms with Crippen molar-refractivity contribution in [3.8, 4) is 11.4 Å². The van der Waals surface area contributed by atoms with Crippen LogP contribution in [-0.2, 0) is 12.4 Å². The molecule has 0 aliphatic carbocycles. The van der Waals surface area contributed by atoms with Crippen molar-refractivity contribution in [1.82, 2.24) is 14.8 Å². The molecule has 0 N–H and O–H groups in total. The molecule has 3 nitrogen and oxygen atoms in total. The lowest BCUT2D eigenvalue weighted by atomic mass is 10.0. The molecule has 0 saturated heterocycles. The molecule has 0 radical (unpaired) electrons. The average Bonchev–Trinajstić information content (AvgIpc) is 2.75. The smallest absolute Gasteiger partial charge is 0.164 e. The fraction of sp³-hybridized carbons (Fsp3) is 0.467. The zero-order valence-electron chi connectivity index (χ0n) is 11.9. The van der Waals surface area contributed by atoms with E-state index in [0.29, 0.717) is 11.8 Å². The Kier molecular flexibility index (Phi) is 4.25. The summed E-state index contributed by atoms with van der Waals surface area (Å²) in [6.07, 6.45) is 0. The van der Waals surface area contributed by atoms with E-state index >= 15 is 0 Å². The molecule has 0 fully saturated rings. The van der Waals surface area contributed by atoms with Crippen LogP contribution in [-0.4, -0.2) is 14.8 Å². The van der Waals surface area contributed by atoms with Gasteiger partial charge in [0.05, 0.1) is 5.88 Å². The van der Waals surface area contributed by atoms with Crippen LogP contribution in [0, 0.1) is 19.8 Å². The minimum Gasteiger partial charge on any atom is -0.310 e. The zero-order valence-corrected chi connectivity index (χ0v) is 12.7. The maximum Gasteiger partial charge on any atom is 0.164 e. The van der Waals surface area contributed by atoms with Gasteiger partial charge in [-0.15, -0.1) is 21.8 Å². The van der Waals surface area contributed by atoms with Crippen LogP contribution >= 0.6 is 11.6 Å². The molecular formula is C15H20ClN3. The molecule has 19 heavy (non-hydrogen) atoms. The number of benzene rings is 1. The minimum atomic E-state index is 0.393. The number of halogens is 1. The van der Waals surface area contributed by atoms with Crippen LogP contribution in [0.5, 0.6) is 0 Å². The number of hydrogen-bond donors (Lipinski definition) is 0. The molecule has 0 spiro atoms. The van der Waals surface area contributed by atoms with Crippen molar-refractivity contribution in [3.63, 3.8) is 0 Å². The highest BCUT2D eigenvalue weighted by molar-refractivity contribution is 6.16. The van der Waals surface area contributed by atoms with E-state index in [-0.39, 0.29) is 0 Å². The number of nitrogens with zero attached hydrogens (tertiary/aromatic N) is 3. The molecule has 0 unspecified atom stereocenters. The van der Waals surface area contributed by atoms with E-state index in [0.717, 1.165) is 23.8 Å². The molecule has 0 amide bonds. The summed E-state index contributed by atoms with van der Waals surface area (Å²) < 4.78 is 2.14. The van der Waals surface area contributed by atoms with E-state index in [9.17, 15) is 0 Å². The molecule has 2 rings (SSSR count). The van der Waals surface area contributed by atoms with Crippen molar-refractivity contribution < 1.29 is 0 Å². The summed E-state index contributed by atoms with van der Waals surface area (Å²) in [7, 11) is 0. The number of hydrogen-bond acceptors (Lipinski definition) is 2. The lowest BCUT2D eigenvalue weighted by molar-refractivity contribution is 0.515. The van der Waals surface area contributed by atoms with Crippen LogP contribution in [0.25, 0.3) is 11.4 Å². The van der Waals surface area contributed by atoms with Gasteiger partial charge in [-0.1, -0.05) is 32.0 Å². The molecular weight excluding hydrogens is 258 g/mol. The molecule has 1 heterocycles. The van der Waals surface area contributed by atoms with Crippen molar-refractivity contribution in [3.05, 3.63) is 35.2 Å². The number of aromatic nitrogens is 3. The predicted octanol–water partition coefficient (Wildman–Crippen LogP) is 3.96. The van der Waals surface area contributed by atoms with Crippen LogP contribution < -0.4 is 0 Å². The quantitative estimate of drug-likeness (QED) is 0.792. The second-order valence-corrected chi connectivity index (χ2v) is 5.59. The molecule has 0 aliphatic heterocycles. The molecule has 1 aromatic heterocycles. The number of alkyl halides is 1. The Balaban J connectivity index is 2.55. The topological polar surface area (TPSA) is 30.7 Å². The lowest BCUT2D eigenvalue weighted by Gasteiger charge is -2.13. The molecule has 102 valence electrons. The van der Waals surface area contributed by atoms with Gasteiger partial charge in [-0.05, 0) is 30.9 Å². The van der Waals surface area contributed by atoms with Crippen molar-refractivity contribution >= 4 is 11.6 Å². The highest BCUT2D eigenvalue weighted by Crippen LogP contribution is 2.25. The first-order valence-corrected chi connectivity index (χ1v) is 7.12. The van der Waals surface area contributed by atoms with Gasteiger partial charge in [0, 0.05) is 12.1 Å². The summed E-state index contributed by atoms with van der Waals surface area (Å²) in [5.41, 5.74) is 3.66. The van der Waals surface area contributed by atoms with Crippen molar-refractivity contribution in [1.29, 1.82) is 0 Å². The second-order valence-electron chi connectivity index (χ2n) is 5.33. The Bertz CT molecular complexity index is 573. The normalized spacial score (nSPS) is 11.3. The monoisotopic (exact) mass is 277 g/mol. The summed E-state index contributed by atoms with van der Waals surface area (Å²) in [6, 6.07) is 6.28. The summed E-state index contributed by atoms with van der Waals surface area (Å²) in [6.45, 7) is 9.50. The Morgan fingerprint density at radius 2 is 1.95 bits per heavy atom. The highest BCUT2D eigenvalue weighted by Gasteiger charge is 2.16. The maximum atomic E-state index is 5.96. The van der Waals surface area contributed by atoms with Crippen LogP contribution in [0.2, 0.25) is 0 Å². The van der Waals surface area contributed by atoms with E-state index in [1.165, 1.54) is 11.1 Å². The standard InChI is InChI=1S/C15H20ClN3/c1-10(2)9-19-14(8-16)17-18-15(19)13-7-5-6-11(3)12(13)4/h5-7,10H,8-9H2,1-4H3. The van der Waals surface area contributed by atoms with Crippen molar-refractivity contribution in [2.24, 2.45) is 5.92 Å². The van der Waals surface area contributed by atoms with Crippen LogP contribution in [0.15, 0.2) is 18.2 Å². The largest absolute Gasteiger partial charge is 0.310 e. The molecule has 2 aromatic rings. The molecule has 0 bridgehead atoms. The summed E-state index contributed by atoms with van der Waals surface area (Å²) in [5.74, 6) is 2.68. The first kappa shape index (κ1) is 14.1. The molecule has 1 aromatic carbocycles. The molecule has 0 atom stereocenters. The summed E-state index contributed by atoms with van der Waals surface area (Å²) >= 11 is 5.96. The molecule has 0 saturated carbocycles. The SMILES string of the molecule is Cc1cccc(-c2nnc(CCl)n2CC(C)C)c1C. The third-order valence-corrected chi connectivity index (χ3v) is 3.58. The predicted molar refractivity (Wildman–Crippen MR) is 79.3 cm³/mol. The maximum absolute atomic E-state index is 5.96. The van der Waals surface area contributed by atoms with Crippen molar-refractivity contribution in [2.75, 3.05) is 0 Å². The van der Waals surface area contributed by atoms with Gasteiger partial charge in [-0.3, -0.25) is 0 Å². The second kappa shape index (κ2) is 5.74. The van der Waals surface area contributed by atoms with Gasteiger partial charge in [0.25, 0.3) is 0 Å². The van der Waals surface area contributed by atoms with Crippen LogP contribution in [0.3, 0.4) is 0 Å². The van der Waals surface area contributed by atoms with E-state index < -0.39 is 0 Å². The van der Waals surface area contributed by atoms with Gasteiger partial charge in [0.15, 0.2) is 5.82 Å². The van der Waals surface area contributed by atoms with Gasteiger partial charge in [-0.25, -0.2) is 0 Å². The Morgan fingerprint density at radius 1 is 1.21 bits per heavy atom. The summed E-state index contributed by atoms with van der Waals surface area (Å²) in [4.78, 5) is 0. The fourth-order valence-corrected chi connectivity index (χ4v) is 2.38. The Labute approximate surface area is 119 Å². The van der Waals surface area contributed by atoms with E-state index in [1.807, 2.05) is 0 Å². The molecule has 0 aliphatic rings. The van der Waals surface area contributed by atoms with Gasteiger partial charge in [0.2, 0.25) is 0 Å². The number of rotatable bonds is 4. The third-order valence-electron chi connectivity index (χ3n) is 3.34. The van der Waals surface area contributed by atoms with E-state index in [2.05, 4.69) is 60.7 Å². The number of aryl methyl sites for hydroxylation is 1. The average molecular weight is 278 g/mol. The Hall–Kier alpha value is -1.35. The summed E-state index contributed by atoms with van der Waals surface area (Å²) in [5, 5.41) is 8.56. The Morgan fingerprint density at radius 3 is 2.58 bits per heavy atom. The first-order chi connectivity index (χ1) is 9.04. The van der Waals surface area contributed by atoms with Gasteiger partial charge >= 0.3 is 0 Å². The highest BCUT2D eigenvalue weighted by atomic mass is 35.5. The minimum absolute atomic E-state index is 0.393. The molecule has 4 heteroatoms.